The zero-order valence-electron chi connectivity index (χ0n) is 12.7. The number of anilines is 1. The molecule has 2 amide bonds. The molecule has 1 atom stereocenters. The number of nitrogens with one attached hydrogen (secondary N) is 1. The molecule has 1 fully saturated rings. The quantitative estimate of drug-likeness (QED) is 0.831. The van der Waals surface area contributed by atoms with Crippen LogP contribution in [0.3, 0.4) is 0 Å². The highest BCUT2D eigenvalue weighted by atomic mass is 32.1. The van der Waals surface area contributed by atoms with Crippen molar-refractivity contribution in [2.45, 2.75) is 31.5 Å². The normalized spacial score (nSPS) is 18.5. The Hall–Kier alpha value is -2.09. The molecule has 2 heterocycles. The van der Waals surface area contributed by atoms with E-state index in [2.05, 4.69) is 10.3 Å². The highest BCUT2D eigenvalue weighted by Crippen LogP contribution is 2.36. The lowest BCUT2D eigenvalue weighted by Gasteiger charge is -2.34. The molecule has 1 aromatic carbocycles. The highest BCUT2D eigenvalue weighted by Gasteiger charge is 2.35. The lowest BCUT2D eigenvalue weighted by molar-refractivity contribution is -0.136. The third kappa shape index (κ3) is 3.53. The van der Waals surface area contributed by atoms with E-state index in [1.165, 1.54) is 29.5 Å². The second-order valence-corrected chi connectivity index (χ2v) is 6.47. The van der Waals surface area contributed by atoms with Crippen molar-refractivity contribution in [3.05, 3.63) is 46.4 Å². The first-order valence-electron chi connectivity index (χ1n) is 7.60. The van der Waals surface area contributed by atoms with Gasteiger partial charge in [-0.25, -0.2) is 9.78 Å². The van der Waals surface area contributed by atoms with Crippen molar-refractivity contribution >= 4 is 23.1 Å². The topological polar surface area (TPSA) is 45.2 Å². The lowest BCUT2D eigenvalue weighted by Crippen LogP contribution is -2.41. The van der Waals surface area contributed by atoms with Crippen molar-refractivity contribution in [3.8, 4) is 0 Å². The summed E-state index contributed by atoms with van der Waals surface area (Å²) < 4.78 is 39.2. The van der Waals surface area contributed by atoms with Crippen LogP contribution in [-0.4, -0.2) is 22.5 Å². The third-order valence-electron chi connectivity index (χ3n) is 3.97. The Morgan fingerprint density at radius 2 is 2.08 bits per heavy atom. The number of likely N-dealkylation sites (tertiary alicyclic amines) is 1. The van der Waals surface area contributed by atoms with Crippen LogP contribution in [0.4, 0.5) is 23.7 Å². The van der Waals surface area contributed by atoms with Crippen LogP contribution in [0.5, 0.6) is 0 Å². The van der Waals surface area contributed by atoms with Crippen LogP contribution in [0.15, 0.2) is 35.8 Å². The summed E-state index contributed by atoms with van der Waals surface area (Å²) in [6.45, 7) is 0.504. The van der Waals surface area contributed by atoms with E-state index in [9.17, 15) is 18.0 Å². The summed E-state index contributed by atoms with van der Waals surface area (Å²) in [6, 6.07) is 4.30. The van der Waals surface area contributed by atoms with Gasteiger partial charge in [0.15, 0.2) is 0 Å². The van der Waals surface area contributed by atoms with Gasteiger partial charge < -0.3 is 10.2 Å². The standard InChI is InChI=1S/C16H16F3N3OS/c17-16(18,19)11-5-1-2-6-12(11)21-15(23)22-9-4-3-7-13(22)14-20-8-10-24-14/h1-2,5-6,8,10,13H,3-4,7,9H2,(H,21,23)/t13-/m0/s1. The minimum atomic E-state index is -4.51. The number of urea groups is 1. The van der Waals surface area contributed by atoms with Crippen LogP contribution < -0.4 is 5.32 Å². The van der Waals surface area contributed by atoms with Gasteiger partial charge in [-0.2, -0.15) is 13.2 Å². The van der Waals surface area contributed by atoms with Gasteiger partial charge in [0.1, 0.15) is 5.01 Å². The molecule has 0 aliphatic carbocycles. The summed E-state index contributed by atoms with van der Waals surface area (Å²) in [5.41, 5.74) is -1.07. The van der Waals surface area contributed by atoms with Gasteiger partial charge in [-0.15, -0.1) is 11.3 Å². The Morgan fingerprint density at radius 3 is 2.79 bits per heavy atom. The minimum Gasteiger partial charge on any atom is -0.315 e. The average molecular weight is 355 g/mol. The SMILES string of the molecule is O=C(Nc1ccccc1C(F)(F)F)N1CCCC[C@H]1c1nccs1. The van der Waals surface area contributed by atoms with E-state index in [1.807, 2.05) is 5.38 Å². The number of hydrogen-bond donors (Lipinski definition) is 1. The summed E-state index contributed by atoms with van der Waals surface area (Å²) in [7, 11) is 0. The zero-order valence-corrected chi connectivity index (χ0v) is 13.5. The van der Waals surface area contributed by atoms with Crippen molar-refractivity contribution in [2.75, 3.05) is 11.9 Å². The Balaban J connectivity index is 1.82. The van der Waals surface area contributed by atoms with Gasteiger partial charge >= 0.3 is 12.2 Å². The molecule has 0 spiro atoms. The van der Waals surface area contributed by atoms with E-state index in [0.29, 0.717) is 6.54 Å². The molecule has 1 saturated heterocycles. The number of amides is 2. The Morgan fingerprint density at radius 1 is 1.29 bits per heavy atom. The van der Waals surface area contributed by atoms with Crippen molar-refractivity contribution in [1.29, 1.82) is 0 Å². The number of carbonyl (C=O) groups is 1. The van der Waals surface area contributed by atoms with Crippen LogP contribution in [0, 0.1) is 0 Å². The molecule has 1 aromatic heterocycles. The number of hydrogen-bond acceptors (Lipinski definition) is 3. The second-order valence-electron chi connectivity index (χ2n) is 5.55. The number of piperidine rings is 1. The number of aromatic nitrogens is 1. The molecule has 24 heavy (non-hydrogen) atoms. The summed E-state index contributed by atoms with van der Waals surface area (Å²) in [5, 5.41) is 5.07. The fraction of sp³-hybridized carbons (Fsp3) is 0.375. The van der Waals surface area contributed by atoms with E-state index in [-0.39, 0.29) is 11.7 Å². The molecule has 1 aliphatic heterocycles. The van der Waals surface area contributed by atoms with E-state index in [4.69, 9.17) is 0 Å². The number of benzene rings is 1. The monoisotopic (exact) mass is 355 g/mol. The van der Waals surface area contributed by atoms with Gasteiger partial charge in [0.05, 0.1) is 17.3 Å². The maximum absolute atomic E-state index is 13.1. The number of alkyl halides is 3. The zero-order chi connectivity index (χ0) is 17.2. The van der Waals surface area contributed by atoms with Gasteiger partial charge in [0.2, 0.25) is 0 Å². The number of rotatable bonds is 2. The highest BCUT2D eigenvalue weighted by molar-refractivity contribution is 7.09. The molecule has 0 unspecified atom stereocenters. The minimum absolute atomic E-state index is 0.184. The maximum atomic E-state index is 13.1. The average Bonchev–Trinajstić information content (AvgIpc) is 3.08. The lowest BCUT2D eigenvalue weighted by atomic mass is 10.0. The molecule has 1 N–H and O–H groups in total. The largest absolute Gasteiger partial charge is 0.418 e. The fourth-order valence-corrected chi connectivity index (χ4v) is 3.64. The first-order chi connectivity index (χ1) is 11.5. The number of carbonyl (C=O) groups excluding carboxylic acids is 1. The number of para-hydroxylation sites is 1. The summed E-state index contributed by atoms with van der Waals surface area (Å²) in [5.74, 6) is 0. The van der Waals surface area contributed by atoms with E-state index in [1.54, 1.807) is 11.1 Å². The van der Waals surface area contributed by atoms with Crippen LogP contribution in [0.25, 0.3) is 0 Å². The maximum Gasteiger partial charge on any atom is 0.418 e. The molecule has 0 saturated carbocycles. The van der Waals surface area contributed by atoms with Crippen LogP contribution >= 0.6 is 11.3 Å². The van der Waals surface area contributed by atoms with Gasteiger partial charge in [-0.3, -0.25) is 0 Å². The Labute approximate surface area is 141 Å². The first kappa shape index (κ1) is 16.8. The molecule has 128 valence electrons. The van der Waals surface area contributed by atoms with Gasteiger partial charge in [-0.05, 0) is 31.4 Å². The van der Waals surface area contributed by atoms with E-state index in [0.717, 1.165) is 30.3 Å². The van der Waals surface area contributed by atoms with Gasteiger partial charge in [0, 0.05) is 18.1 Å². The van der Waals surface area contributed by atoms with Crippen LogP contribution in [0.2, 0.25) is 0 Å². The molecular weight excluding hydrogens is 339 g/mol. The smallest absolute Gasteiger partial charge is 0.315 e. The fourth-order valence-electron chi connectivity index (χ4n) is 2.86. The molecular formula is C16H16F3N3OS. The molecule has 1 aliphatic rings. The van der Waals surface area contributed by atoms with E-state index >= 15 is 0 Å². The van der Waals surface area contributed by atoms with Crippen LogP contribution in [0.1, 0.15) is 35.9 Å². The molecule has 0 radical (unpaired) electrons. The third-order valence-corrected chi connectivity index (χ3v) is 4.85. The van der Waals surface area contributed by atoms with Crippen molar-refractivity contribution in [1.82, 2.24) is 9.88 Å². The first-order valence-corrected chi connectivity index (χ1v) is 8.48. The molecule has 4 nitrogen and oxygen atoms in total. The number of nitrogens with zero attached hydrogens (tertiary/aromatic N) is 2. The summed E-state index contributed by atoms with van der Waals surface area (Å²) in [4.78, 5) is 18.4. The Bertz CT molecular complexity index is 703. The summed E-state index contributed by atoms with van der Waals surface area (Å²) in [6.07, 6.45) is -0.282. The molecule has 0 bridgehead atoms. The number of halogens is 3. The van der Waals surface area contributed by atoms with E-state index < -0.39 is 17.8 Å². The predicted molar refractivity (Wildman–Crippen MR) is 85.9 cm³/mol. The van der Waals surface area contributed by atoms with Crippen LogP contribution in [-0.2, 0) is 6.18 Å². The van der Waals surface area contributed by atoms with Crippen molar-refractivity contribution in [2.24, 2.45) is 0 Å². The van der Waals surface area contributed by atoms with Crippen molar-refractivity contribution < 1.29 is 18.0 Å². The van der Waals surface area contributed by atoms with Crippen molar-refractivity contribution in [3.63, 3.8) is 0 Å². The molecule has 8 heteroatoms. The number of thiazole rings is 1. The van der Waals surface area contributed by atoms with Gasteiger partial charge in [-0.1, -0.05) is 12.1 Å². The second kappa shape index (κ2) is 6.80. The predicted octanol–water partition coefficient (Wildman–Crippen LogP) is 4.92. The Kier molecular flexibility index (Phi) is 4.75. The molecule has 3 rings (SSSR count). The molecule has 2 aromatic rings. The summed E-state index contributed by atoms with van der Waals surface area (Å²) >= 11 is 1.45. The van der Waals surface area contributed by atoms with Gasteiger partial charge in [0.25, 0.3) is 0 Å².